The molecule has 6 heteroatoms. The number of esters is 1. The molecule has 0 aliphatic carbocycles. The van der Waals surface area contributed by atoms with E-state index in [1.54, 1.807) is 0 Å². The number of unbranched alkanes of at least 4 members (excludes halogenated alkanes) is 19. The van der Waals surface area contributed by atoms with Crippen molar-refractivity contribution in [2.24, 2.45) is 0 Å². The maximum absolute atomic E-state index is 13.2. The molecule has 0 aromatic carbocycles. The van der Waals surface area contributed by atoms with Crippen LogP contribution >= 0.6 is 0 Å². The van der Waals surface area contributed by atoms with Crippen molar-refractivity contribution in [2.75, 3.05) is 6.61 Å². The Morgan fingerprint density at radius 3 is 1.52 bits per heavy atom. The molecule has 0 aliphatic heterocycles. The molecule has 1 amide bonds. The summed E-state index contributed by atoms with van der Waals surface area (Å²) in [6.45, 7) is 6.29. The minimum Gasteiger partial charge on any atom is -0.462 e. The smallest absolute Gasteiger partial charge is 0.306 e. The Balaban J connectivity index is 4.73. The van der Waals surface area contributed by atoms with Gasteiger partial charge in [0, 0.05) is 6.42 Å². The molecule has 3 atom stereocenters. The summed E-state index contributed by atoms with van der Waals surface area (Å²) in [6.07, 6.45) is 64.6. The first-order valence-electron chi connectivity index (χ1n) is 25.5. The van der Waals surface area contributed by atoms with Crippen molar-refractivity contribution in [2.45, 2.75) is 238 Å². The lowest BCUT2D eigenvalue weighted by molar-refractivity contribution is -0.151. The van der Waals surface area contributed by atoms with Crippen LogP contribution in [-0.4, -0.2) is 46.9 Å². The number of carbonyl (C=O) groups excluding carboxylic acids is 2. The highest BCUT2D eigenvalue weighted by molar-refractivity contribution is 5.77. The third-order valence-electron chi connectivity index (χ3n) is 11.0. The summed E-state index contributed by atoms with van der Waals surface area (Å²) in [7, 11) is 0. The van der Waals surface area contributed by atoms with Crippen molar-refractivity contribution in [1.29, 1.82) is 0 Å². The van der Waals surface area contributed by atoms with Crippen LogP contribution in [0, 0.1) is 0 Å². The van der Waals surface area contributed by atoms with Gasteiger partial charge in [-0.2, -0.15) is 0 Å². The Morgan fingerprint density at radius 2 is 0.952 bits per heavy atom. The molecule has 62 heavy (non-hydrogen) atoms. The first-order valence-corrected chi connectivity index (χ1v) is 25.5. The number of aliphatic hydroxyl groups excluding tert-OH is 2. The predicted octanol–water partition coefficient (Wildman–Crippen LogP) is 15.3. The molecule has 354 valence electrons. The molecular formula is C56H95NO5. The molecule has 0 aliphatic rings. The van der Waals surface area contributed by atoms with Gasteiger partial charge in [0.2, 0.25) is 5.91 Å². The molecule has 0 aromatic heterocycles. The molecule has 0 aromatic rings. The summed E-state index contributed by atoms with van der Waals surface area (Å²) >= 11 is 0. The molecule has 3 unspecified atom stereocenters. The van der Waals surface area contributed by atoms with Crippen LogP contribution in [0.25, 0.3) is 0 Å². The highest BCUT2D eigenvalue weighted by atomic mass is 16.5. The summed E-state index contributed by atoms with van der Waals surface area (Å²) in [5, 5.41) is 23.7. The Morgan fingerprint density at radius 1 is 0.500 bits per heavy atom. The number of allylic oxidation sites excluding steroid dienone is 16. The number of nitrogens with one attached hydrogen (secondary N) is 1. The quantitative estimate of drug-likeness (QED) is 0.0245. The predicted molar refractivity (Wildman–Crippen MR) is 268 cm³/mol. The van der Waals surface area contributed by atoms with Crippen LogP contribution in [0.5, 0.6) is 0 Å². The van der Waals surface area contributed by atoms with E-state index in [2.05, 4.69) is 123 Å². The lowest BCUT2D eigenvalue weighted by atomic mass is 10.0. The van der Waals surface area contributed by atoms with Crippen LogP contribution in [-0.2, 0) is 14.3 Å². The average molecular weight is 862 g/mol. The van der Waals surface area contributed by atoms with Gasteiger partial charge in [-0.05, 0) is 83.5 Å². The SMILES string of the molecule is CC/C=C/C/C=C/C/C=C/C/C=C/CCCC(CC(=O)NC(CO)C(O)CCCCCCCCCCCCC)OC(=O)CCCCCCC/C=C/C=C/C=C/C=C/CCCCC. The molecule has 0 saturated heterocycles. The zero-order valence-corrected chi connectivity index (χ0v) is 40.2. The molecular weight excluding hydrogens is 767 g/mol. The highest BCUT2D eigenvalue weighted by Crippen LogP contribution is 2.16. The standard InChI is InChI=1S/C56H95NO5/c1-4-7-10-13-16-19-22-24-26-27-28-29-31-34-37-40-43-46-49-56(61)62-52(47-44-41-38-35-33-30-25-23-20-17-14-11-8-5-2)50-55(60)57-53(51-58)54(59)48-45-42-39-36-32-21-18-15-12-9-6-3/h8,11,16-17,19-20,22,24-30,35,38,52-54,58-59H,4-7,9-10,12-15,18,21,23,31-34,36-37,39-51H2,1-3H3,(H,57,60)/b11-8+,19-16+,20-17+,24-22+,27-26+,29-28+,30-25+,38-35+. The zero-order chi connectivity index (χ0) is 45.2. The van der Waals surface area contributed by atoms with Gasteiger partial charge in [-0.3, -0.25) is 9.59 Å². The average Bonchev–Trinajstić information content (AvgIpc) is 3.26. The van der Waals surface area contributed by atoms with Crippen molar-refractivity contribution >= 4 is 11.9 Å². The fourth-order valence-corrected chi connectivity index (χ4v) is 7.14. The van der Waals surface area contributed by atoms with Crippen molar-refractivity contribution in [3.63, 3.8) is 0 Å². The van der Waals surface area contributed by atoms with Gasteiger partial charge in [-0.15, -0.1) is 0 Å². The van der Waals surface area contributed by atoms with E-state index in [1.165, 1.54) is 70.6 Å². The highest BCUT2D eigenvalue weighted by Gasteiger charge is 2.24. The number of amides is 1. The number of rotatable bonds is 44. The van der Waals surface area contributed by atoms with E-state index in [4.69, 9.17) is 4.74 Å². The second-order valence-corrected chi connectivity index (χ2v) is 16.9. The second kappa shape index (κ2) is 48.8. The Hall–Kier alpha value is -3.22. The van der Waals surface area contributed by atoms with Gasteiger partial charge in [0.25, 0.3) is 0 Å². The van der Waals surface area contributed by atoms with Gasteiger partial charge in [0.1, 0.15) is 6.10 Å². The zero-order valence-electron chi connectivity index (χ0n) is 40.2. The maximum Gasteiger partial charge on any atom is 0.306 e. The first-order chi connectivity index (χ1) is 30.5. The molecule has 0 saturated carbocycles. The monoisotopic (exact) mass is 862 g/mol. The second-order valence-electron chi connectivity index (χ2n) is 16.9. The van der Waals surface area contributed by atoms with Gasteiger partial charge in [-0.1, -0.05) is 221 Å². The molecule has 6 nitrogen and oxygen atoms in total. The van der Waals surface area contributed by atoms with Crippen LogP contribution in [0.2, 0.25) is 0 Å². The van der Waals surface area contributed by atoms with Crippen LogP contribution in [0.1, 0.15) is 220 Å². The topological polar surface area (TPSA) is 95.9 Å². The molecule has 0 heterocycles. The minimum absolute atomic E-state index is 0.0246. The fraction of sp³-hybridized carbons (Fsp3) is 0.679. The summed E-state index contributed by atoms with van der Waals surface area (Å²) in [5.74, 6) is -0.563. The molecule has 3 N–H and O–H groups in total. The Labute approximate surface area is 382 Å². The normalized spacial score (nSPS) is 14.1. The first kappa shape index (κ1) is 58.8. The van der Waals surface area contributed by atoms with Gasteiger partial charge >= 0.3 is 5.97 Å². The van der Waals surface area contributed by atoms with Crippen LogP contribution < -0.4 is 5.32 Å². The molecule has 0 bridgehead atoms. The Bertz CT molecular complexity index is 1240. The van der Waals surface area contributed by atoms with Crippen molar-refractivity contribution in [1.82, 2.24) is 5.32 Å². The molecule has 0 spiro atoms. The summed E-state index contributed by atoms with van der Waals surface area (Å²) in [5.41, 5.74) is 0. The van der Waals surface area contributed by atoms with Crippen molar-refractivity contribution in [3.05, 3.63) is 97.2 Å². The van der Waals surface area contributed by atoms with E-state index < -0.39 is 18.2 Å². The van der Waals surface area contributed by atoms with E-state index in [9.17, 15) is 19.8 Å². The molecule has 0 radical (unpaired) electrons. The van der Waals surface area contributed by atoms with Gasteiger partial charge in [0.15, 0.2) is 0 Å². The Kier molecular flexibility index (Phi) is 46.3. The summed E-state index contributed by atoms with van der Waals surface area (Å²) in [4.78, 5) is 26.1. The number of aliphatic hydroxyl groups is 2. The lowest BCUT2D eigenvalue weighted by Crippen LogP contribution is -2.46. The number of ether oxygens (including phenoxy) is 1. The summed E-state index contributed by atoms with van der Waals surface area (Å²) < 4.78 is 5.89. The number of carbonyl (C=O) groups is 2. The van der Waals surface area contributed by atoms with E-state index >= 15 is 0 Å². The molecule has 0 rings (SSSR count). The van der Waals surface area contributed by atoms with Crippen molar-refractivity contribution in [3.8, 4) is 0 Å². The van der Waals surface area contributed by atoms with Crippen LogP contribution in [0.4, 0.5) is 0 Å². The third kappa shape index (κ3) is 43.4. The van der Waals surface area contributed by atoms with Crippen LogP contribution in [0.15, 0.2) is 97.2 Å². The largest absolute Gasteiger partial charge is 0.462 e. The van der Waals surface area contributed by atoms with Crippen molar-refractivity contribution < 1.29 is 24.5 Å². The van der Waals surface area contributed by atoms with E-state index in [-0.39, 0.29) is 24.9 Å². The van der Waals surface area contributed by atoms with Gasteiger partial charge in [0.05, 0.1) is 25.2 Å². The van der Waals surface area contributed by atoms with E-state index in [1.807, 2.05) is 0 Å². The van der Waals surface area contributed by atoms with Gasteiger partial charge < -0.3 is 20.3 Å². The summed E-state index contributed by atoms with van der Waals surface area (Å²) in [6, 6.07) is -0.729. The third-order valence-corrected chi connectivity index (χ3v) is 11.0. The number of hydrogen-bond donors (Lipinski definition) is 3. The minimum atomic E-state index is -0.811. The fourth-order valence-electron chi connectivity index (χ4n) is 7.14. The van der Waals surface area contributed by atoms with E-state index in [0.29, 0.717) is 19.3 Å². The van der Waals surface area contributed by atoms with Gasteiger partial charge in [-0.25, -0.2) is 0 Å². The molecule has 0 fully saturated rings. The number of hydrogen-bond acceptors (Lipinski definition) is 5. The maximum atomic E-state index is 13.2. The lowest BCUT2D eigenvalue weighted by Gasteiger charge is -2.24. The van der Waals surface area contributed by atoms with E-state index in [0.717, 1.165) is 103 Å². The van der Waals surface area contributed by atoms with Crippen LogP contribution in [0.3, 0.4) is 0 Å².